The number of morpholine rings is 1. The summed E-state index contributed by atoms with van der Waals surface area (Å²) < 4.78 is 45.0. The summed E-state index contributed by atoms with van der Waals surface area (Å²) in [6, 6.07) is 20.2. The summed E-state index contributed by atoms with van der Waals surface area (Å²) in [5.74, 6) is -1.09. The van der Waals surface area contributed by atoms with Gasteiger partial charge in [0.05, 0.1) is 30.2 Å². The molecule has 0 radical (unpaired) electrons. The molecule has 2 aliphatic heterocycles. The Morgan fingerprint density at radius 3 is 2.34 bits per heavy atom. The monoisotopic (exact) mass is 728 g/mol. The van der Waals surface area contributed by atoms with Crippen molar-refractivity contribution >= 4 is 29.1 Å². The lowest BCUT2D eigenvalue weighted by Crippen LogP contribution is -2.41. The first-order valence-electron chi connectivity index (χ1n) is 17.8. The van der Waals surface area contributed by atoms with E-state index in [-0.39, 0.29) is 18.0 Å². The fourth-order valence-corrected chi connectivity index (χ4v) is 6.49. The number of nitrogens with one attached hydrogen (secondary N) is 2. The normalized spacial score (nSPS) is 15.1. The molecule has 0 spiro atoms. The highest BCUT2D eigenvalue weighted by Crippen LogP contribution is 2.33. The minimum absolute atomic E-state index is 0.0998. The van der Waals surface area contributed by atoms with Crippen molar-refractivity contribution in [2.24, 2.45) is 0 Å². The Morgan fingerprint density at radius 1 is 0.830 bits per heavy atom. The minimum atomic E-state index is -4.49. The number of rotatable bonds is 11. The molecular formula is C40H43F3N6O4. The Kier molecular flexibility index (Phi) is 12.1. The SMILES string of the molecule is CN(CCN1CCOCC1)C(=O)c1cccc(C(=O)Nc2ccc(N3CCCCC3)cc2-c2cc(C(=O)NCc3cccc(C(F)(F)F)c3)ccn2)c1. The van der Waals surface area contributed by atoms with Crippen LogP contribution in [0.2, 0.25) is 0 Å². The lowest BCUT2D eigenvalue weighted by Gasteiger charge is -2.29. The van der Waals surface area contributed by atoms with Gasteiger partial charge >= 0.3 is 6.18 Å². The first kappa shape index (κ1) is 37.5. The molecule has 0 aliphatic carbocycles. The zero-order chi connectivity index (χ0) is 37.4. The summed E-state index contributed by atoms with van der Waals surface area (Å²) in [5, 5.41) is 5.70. The van der Waals surface area contributed by atoms with Crippen molar-refractivity contribution in [2.45, 2.75) is 32.0 Å². The fraction of sp³-hybridized carbons (Fsp3) is 0.350. The van der Waals surface area contributed by atoms with Crippen LogP contribution in [0.5, 0.6) is 0 Å². The summed E-state index contributed by atoms with van der Waals surface area (Å²) in [6.07, 6.45) is 0.270. The number of amides is 3. The molecule has 0 unspecified atom stereocenters. The second-order valence-electron chi connectivity index (χ2n) is 13.3. The Bertz CT molecular complexity index is 1920. The van der Waals surface area contributed by atoms with Gasteiger partial charge in [-0.2, -0.15) is 13.2 Å². The van der Waals surface area contributed by atoms with E-state index in [1.807, 2.05) is 18.2 Å². The minimum Gasteiger partial charge on any atom is -0.379 e. The first-order valence-corrected chi connectivity index (χ1v) is 17.8. The van der Waals surface area contributed by atoms with E-state index in [1.54, 1.807) is 42.3 Å². The largest absolute Gasteiger partial charge is 0.416 e. The van der Waals surface area contributed by atoms with Crippen molar-refractivity contribution in [3.8, 4) is 11.3 Å². The molecule has 3 heterocycles. The number of likely N-dealkylation sites (N-methyl/N-ethyl adjacent to an activating group) is 1. The maximum Gasteiger partial charge on any atom is 0.416 e. The van der Waals surface area contributed by atoms with E-state index in [0.29, 0.717) is 53.4 Å². The third-order valence-corrected chi connectivity index (χ3v) is 9.55. The van der Waals surface area contributed by atoms with Crippen molar-refractivity contribution in [3.63, 3.8) is 0 Å². The van der Waals surface area contributed by atoms with E-state index >= 15 is 0 Å². The molecular weight excluding hydrogens is 685 g/mol. The molecule has 2 fully saturated rings. The van der Waals surface area contributed by atoms with E-state index < -0.39 is 23.6 Å². The van der Waals surface area contributed by atoms with Gasteiger partial charge in [0, 0.05) is 87.0 Å². The number of carbonyl (C=O) groups is 3. The molecule has 53 heavy (non-hydrogen) atoms. The van der Waals surface area contributed by atoms with Gasteiger partial charge in [0.2, 0.25) is 0 Å². The predicted molar refractivity (Wildman–Crippen MR) is 197 cm³/mol. The van der Waals surface area contributed by atoms with E-state index in [2.05, 4.69) is 25.4 Å². The lowest BCUT2D eigenvalue weighted by atomic mass is 10.0. The van der Waals surface area contributed by atoms with Gasteiger partial charge in [-0.15, -0.1) is 0 Å². The third kappa shape index (κ3) is 9.79. The van der Waals surface area contributed by atoms with Gasteiger partial charge in [0.25, 0.3) is 17.7 Å². The highest BCUT2D eigenvalue weighted by atomic mass is 19.4. The number of alkyl halides is 3. The van der Waals surface area contributed by atoms with Crippen LogP contribution in [0.1, 0.15) is 61.5 Å². The molecule has 0 bridgehead atoms. The van der Waals surface area contributed by atoms with Crippen molar-refractivity contribution in [2.75, 3.05) is 69.7 Å². The average molecular weight is 729 g/mol. The summed E-state index contributed by atoms with van der Waals surface area (Å²) >= 11 is 0. The van der Waals surface area contributed by atoms with Crippen molar-refractivity contribution in [3.05, 3.63) is 113 Å². The number of piperidine rings is 1. The van der Waals surface area contributed by atoms with Crippen LogP contribution in [0.15, 0.2) is 85.1 Å². The Balaban J connectivity index is 1.20. The number of ether oxygens (including phenoxy) is 1. The number of nitrogens with zero attached hydrogens (tertiary/aromatic N) is 4. The number of carbonyl (C=O) groups excluding carboxylic acids is 3. The molecule has 10 nitrogen and oxygen atoms in total. The maximum atomic E-state index is 13.7. The molecule has 0 atom stereocenters. The molecule has 6 rings (SSSR count). The zero-order valence-corrected chi connectivity index (χ0v) is 29.6. The standard InChI is InChI=1S/C40H43F3N6O4/c1-47(17-18-48-19-21-53-22-20-48)39(52)31-9-6-8-29(24-31)38(51)46-35-12-11-33(49-15-3-2-4-16-49)26-34(35)36-25-30(13-14-44-36)37(50)45-27-28-7-5-10-32(23-28)40(41,42)43/h5-14,23-26H,2-4,15-22,27H2,1H3,(H,45,50)(H,46,51). The topological polar surface area (TPSA) is 107 Å². The summed E-state index contributed by atoms with van der Waals surface area (Å²) in [4.78, 5) is 51.0. The van der Waals surface area contributed by atoms with Gasteiger partial charge < -0.3 is 25.2 Å². The molecule has 3 aromatic carbocycles. The summed E-state index contributed by atoms with van der Waals surface area (Å²) in [7, 11) is 1.75. The summed E-state index contributed by atoms with van der Waals surface area (Å²) in [6.45, 7) is 5.96. The molecule has 278 valence electrons. The average Bonchev–Trinajstić information content (AvgIpc) is 3.19. The van der Waals surface area contributed by atoms with Crippen LogP contribution in [0.25, 0.3) is 11.3 Å². The number of pyridine rings is 1. The predicted octanol–water partition coefficient (Wildman–Crippen LogP) is 6.34. The third-order valence-electron chi connectivity index (χ3n) is 9.55. The Hall–Kier alpha value is -5.27. The van der Waals surface area contributed by atoms with E-state index in [4.69, 9.17) is 4.74 Å². The quantitative estimate of drug-likeness (QED) is 0.186. The molecule has 2 saturated heterocycles. The maximum absolute atomic E-state index is 13.7. The van der Waals surface area contributed by atoms with Gasteiger partial charge in [-0.3, -0.25) is 24.3 Å². The second kappa shape index (κ2) is 17.0. The highest BCUT2D eigenvalue weighted by molar-refractivity contribution is 6.08. The smallest absolute Gasteiger partial charge is 0.379 e. The number of hydrogen-bond acceptors (Lipinski definition) is 7. The van der Waals surface area contributed by atoms with Crippen molar-refractivity contribution in [1.29, 1.82) is 0 Å². The zero-order valence-electron chi connectivity index (χ0n) is 29.6. The van der Waals surface area contributed by atoms with Gasteiger partial charge in [-0.25, -0.2) is 0 Å². The van der Waals surface area contributed by atoms with Crippen molar-refractivity contribution in [1.82, 2.24) is 20.1 Å². The van der Waals surface area contributed by atoms with Crippen LogP contribution in [0, 0.1) is 0 Å². The van der Waals surface area contributed by atoms with Crippen LogP contribution >= 0.6 is 0 Å². The first-order chi connectivity index (χ1) is 25.5. The van der Waals surface area contributed by atoms with Crippen LogP contribution in [0.4, 0.5) is 24.5 Å². The van der Waals surface area contributed by atoms with Crippen molar-refractivity contribution < 1.29 is 32.3 Å². The number of anilines is 2. The number of halogens is 3. The Labute approximate surface area is 306 Å². The molecule has 3 amide bonds. The van der Waals surface area contributed by atoms with Crippen LogP contribution in [-0.4, -0.2) is 92.0 Å². The van der Waals surface area contributed by atoms with E-state index in [0.717, 1.165) is 69.8 Å². The van der Waals surface area contributed by atoms with Crippen LogP contribution in [-0.2, 0) is 17.5 Å². The van der Waals surface area contributed by atoms with E-state index in [1.165, 1.54) is 24.4 Å². The summed E-state index contributed by atoms with van der Waals surface area (Å²) in [5.41, 5.74) is 2.91. The highest BCUT2D eigenvalue weighted by Gasteiger charge is 2.30. The second-order valence-corrected chi connectivity index (χ2v) is 13.3. The lowest BCUT2D eigenvalue weighted by molar-refractivity contribution is -0.137. The Morgan fingerprint density at radius 2 is 1.57 bits per heavy atom. The molecule has 2 N–H and O–H groups in total. The van der Waals surface area contributed by atoms with Gasteiger partial charge in [0.15, 0.2) is 0 Å². The molecule has 13 heteroatoms. The fourth-order valence-electron chi connectivity index (χ4n) is 6.49. The van der Waals surface area contributed by atoms with Crippen LogP contribution in [0.3, 0.4) is 0 Å². The van der Waals surface area contributed by atoms with E-state index in [9.17, 15) is 27.6 Å². The van der Waals surface area contributed by atoms with Crippen LogP contribution < -0.4 is 15.5 Å². The van der Waals surface area contributed by atoms with Gasteiger partial charge in [-0.05, 0) is 85.5 Å². The number of aromatic nitrogens is 1. The molecule has 0 saturated carbocycles. The number of benzene rings is 3. The molecule has 1 aromatic heterocycles. The number of hydrogen-bond donors (Lipinski definition) is 2. The molecule has 2 aliphatic rings. The molecule has 4 aromatic rings. The van der Waals surface area contributed by atoms with Gasteiger partial charge in [0.1, 0.15) is 0 Å². The van der Waals surface area contributed by atoms with Gasteiger partial charge in [-0.1, -0.05) is 18.2 Å².